The lowest BCUT2D eigenvalue weighted by atomic mass is 10.0. The van der Waals surface area contributed by atoms with Gasteiger partial charge in [0, 0.05) is 12.3 Å². The van der Waals surface area contributed by atoms with Crippen molar-refractivity contribution in [2.45, 2.75) is 31.9 Å². The van der Waals surface area contributed by atoms with Crippen LogP contribution in [0.2, 0.25) is 0 Å². The van der Waals surface area contributed by atoms with E-state index in [1.807, 2.05) is 0 Å². The summed E-state index contributed by atoms with van der Waals surface area (Å²) >= 11 is 0. The number of rotatable bonds is 8. The minimum absolute atomic E-state index is 0.132. The van der Waals surface area contributed by atoms with Crippen molar-refractivity contribution < 1.29 is 37.7 Å². The first-order valence-corrected chi connectivity index (χ1v) is 12.2. The zero-order chi connectivity index (χ0) is 27.7. The lowest BCUT2D eigenvalue weighted by molar-refractivity contribution is -0.144. The normalized spacial score (nSPS) is 14.5. The van der Waals surface area contributed by atoms with Crippen LogP contribution in [0.25, 0.3) is 16.6 Å². The molecule has 202 valence electrons. The van der Waals surface area contributed by atoms with Gasteiger partial charge in [-0.1, -0.05) is 12.1 Å². The van der Waals surface area contributed by atoms with E-state index in [1.54, 1.807) is 66.3 Å². The molecule has 0 bridgehead atoms. The molecule has 5 rings (SSSR count). The average Bonchev–Trinajstić information content (AvgIpc) is 3.34. The third kappa shape index (κ3) is 5.47. The fraction of sp³-hybridized carbons (Fsp3) is 0.250. The molecule has 1 aliphatic rings. The molecule has 0 saturated carbocycles. The second-order valence-electron chi connectivity index (χ2n) is 9.22. The van der Waals surface area contributed by atoms with Gasteiger partial charge in [-0.3, -0.25) is 4.79 Å². The molecular weight excluding hydrogens is 512 g/mol. The van der Waals surface area contributed by atoms with E-state index in [4.69, 9.17) is 14.2 Å². The number of aromatic nitrogens is 2. The number of carbonyl (C=O) groups is 2. The fourth-order valence-electron chi connectivity index (χ4n) is 4.31. The Balaban J connectivity index is 1.47. The molecule has 0 saturated heterocycles. The van der Waals surface area contributed by atoms with Gasteiger partial charge in [0.1, 0.15) is 25.1 Å². The lowest BCUT2D eigenvalue weighted by Crippen LogP contribution is -2.46. The van der Waals surface area contributed by atoms with Crippen molar-refractivity contribution in [2.24, 2.45) is 0 Å². The summed E-state index contributed by atoms with van der Waals surface area (Å²) < 4.78 is 46.4. The van der Waals surface area contributed by atoms with Crippen molar-refractivity contribution in [1.82, 2.24) is 15.1 Å². The number of fused-ring (bicyclic) bond motifs is 2. The second kappa shape index (κ2) is 10.2. The van der Waals surface area contributed by atoms with Crippen LogP contribution in [-0.4, -0.2) is 51.9 Å². The molecule has 2 N–H and O–H groups in total. The summed E-state index contributed by atoms with van der Waals surface area (Å²) in [5.74, 6) is -4.56. The van der Waals surface area contributed by atoms with Crippen molar-refractivity contribution >= 4 is 22.8 Å². The van der Waals surface area contributed by atoms with Gasteiger partial charge in [0.2, 0.25) is 0 Å². The minimum Gasteiger partial charge on any atom is -0.486 e. The first kappa shape index (κ1) is 26.0. The van der Waals surface area contributed by atoms with Gasteiger partial charge >= 0.3 is 11.9 Å². The van der Waals surface area contributed by atoms with Crippen molar-refractivity contribution in [3.05, 3.63) is 78.0 Å². The Labute approximate surface area is 221 Å². The summed E-state index contributed by atoms with van der Waals surface area (Å²) in [6, 6.07) is 15.9. The summed E-state index contributed by atoms with van der Waals surface area (Å²) in [5.41, 5.74) is 2.00. The molecule has 0 aliphatic carbocycles. The third-order valence-electron chi connectivity index (χ3n) is 6.25. The highest BCUT2D eigenvalue weighted by molar-refractivity contribution is 5.89. The van der Waals surface area contributed by atoms with Crippen LogP contribution < -0.4 is 19.5 Å². The van der Waals surface area contributed by atoms with Gasteiger partial charge in [0.15, 0.2) is 11.5 Å². The first-order chi connectivity index (χ1) is 18.6. The molecule has 1 aliphatic heterocycles. The van der Waals surface area contributed by atoms with E-state index in [0.717, 1.165) is 0 Å². The van der Waals surface area contributed by atoms with E-state index in [-0.39, 0.29) is 5.56 Å². The zero-order valence-corrected chi connectivity index (χ0v) is 21.1. The van der Waals surface area contributed by atoms with Gasteiger partial charge in [-0.2, -0.15) is 13.9 Å². The number of nitrogens with zero attached hydrogens (tertiary/aromatic N) is 2. The molecule has 39 heavy (non-hydrogen) atoms. The summed E-state index contributed by atoms with van der Waals surface area (Å²) in [7, 11) is 0. The lowest BCUT2D eigenvalue weighted by Gasteiger charge is -2.28. The largest absolute Gasteiger partial charge is 0.486 e. The average molecular weight is 538 g/mol. The highest BCUT2D eigenvalue weighted by Gasteiger charge is 2.35. The SMILES string of the molecule is CC(NC(=O)C(C)(F)F)[C@H](Oc1ccc2c(cnn2-c2cccc(C(=O)O)c2)c1)c1ccc2c(c1)OCCO2. The number of alkyl halides is 2. The molecule has 0 spiro atoms. The van der Waals surface area contributed by atoms with Gasteiger partial charge in [-0.05, 0) is 61.0 Å². The van der Waals surface area contributed by atoms with Crippen LogP contribution in [0.1, 0.15) is 35.9 Å². The van der Waals surface area contributed by atoms with Gasteiger partial charge in [0.25, 0.3) is 5.91 Å². The Bertz CT molecular complexity index is 1550. The predicted octanol–water partition coefficient (Wildman–Crippen LogP) is 4.77. The van der Waals surface area contributed by atoms with Gasteiger partial charge < -0.3 is 24.6 Å². The van der Waals surface area contributed by atoms with Crippen molar-refractivity contribution in [2.75, 3.05) is 13.2 Å². The standard InChI is InChI=1S/C28H25F2N3O6/c1-16(32-27(36)28(2,29)30)25(17-6-9-23-24(14-17)38-11-10-37-23)39-21-7-8-22-19(13-21)15-31-33(22)20-5-3-4-18(12-20)26(34)35/h3-9,12-16,25H,10-11H2,1-2H3,(H,32,36)(H,34,35)/t16?,25-/m0/s1. The highest BCUT2D eigenvalue weighted by atomic mass is 19.3. The van der Waals surface area contributed by atoms with Gasteiger partial charge in [-0.15, -0.1) is 0 Å². The van der Waals surface area contributed by atoms with Crippen LogP contribution in [0, 0.1) is 0 Å². The number of ether oxygens (including phenoxy) is 3. The Hall–Kier alpha value is -4.67. The molecular formula is C28H25F2N3O6. The minimum atomic E-state index is -3.56. The van der Waals surface area contributed by atoms with Crippen molar-refractivity contribution in [3.8, 4) is 22.9 Å². The summed E-state index contributed by atoms with van der Waals surface area (Å²) in [6.45, 7) is 2.90. The second-order valence-corrected chi connectivity index (χ2v) is 9.22. The molecule has 2 atom stereocenters. The van der Waals surface area contributed by atoms with Crippen LogP contribution in [0.3, 0.4) is 0 Å². The number of aromatic carboxylic acids is 1. The quantitative estimate of drug-likeness (QED) is 0.333. The monoisotopic (exact) mass is 537 g/mol. The topological polar surface area (TPSA) is 112 Å². The molecule has 0 fully saturated rings. The molecule has 0 radical (unpaired) electrons. The molecule has 9 nitrogen and oxygen atoms in total. The molecule has 3 aromatic carbocycles. The molecule has 2 heterocycles. The van der Waals surface area contributed by atoms with Crippen LogP contribution in [-0.2, 0) is 4.79 Å². The van der Waals surface area contributed by atoms with Crippen molar-refractivity contribution in [3.63, 3.8) is 0 Å². The first-order valence-electron chi connectivity index (χ1n) is 12.2. The molecule has 4 aromatic rings. The Morgan fingerprint density at radius 1 is 1.08 bits per heavy atom. The maximum atomic E-state index is 13.6. The Morgan fingerprint density at radius 2 is 1.85 bits per heavy atom. The van der Waals surface area contributed by atoms with E-state index >= 15 is 0 Å². The number of hydrogen-bond donors (Lipinski definition) is 2. The fourth-order valence-corrected chi connectivity index (χ4v) is 4.31. The molecule has 1 aromatic heterocycles. The third-order valence-corrected chi connectivity index (χ3v) is 6.25. The number of nitrogens with one attached hydrogen (secondary N) is 1. The predicted molar refractivity (Wildman–Crippen MR) is 137 cm³/mol. The molecule has 1 amide bonds. The number of carbonyl (C=O) groups excluding carboxylic acids is 1. The van der Waals surface area contributed by atoms with E-state index in [1.165, 1.54) is 12.1 Å². The van der Waals surface area contributed by atoms with Gasteiger partial charge in [-0.25, -0.2) is 9.48 Å². The van der Waals surface area contributed by atoms with Crippen LogP contribution >= 0.6 is 0 Å². The van der Waals surface area contributed by atoms with E-state index in [9.17, 15) is 23.5 Å². The smallest absolute Gasteiger partial charge is 0.335 e. The van der Waals surface area contributed by atoms with Crippen LogP contribution in [0.5, 0.6) is 17.2 Å². The maximum absolute atomic E-state index is 13.6. The molecule has 11 heteroatoms. The zero-order valence-electron chi connectivity index (χ0n) is 21.1. The summed E-state index contributed by atoms with van der Waals surface area (Å²) in [6.07, 6.45) is 0.754. The Morgan fingerprint density at radius 3 is 2.59 bits per heavy atom. The highest BCUT2D eigenvalue weighted by Crippen LogP contribution is 2.36. The van der Waals surface area contributed by atoms with E-state index in [2.05, 4.69) is 10.4 Å². The van der Waals surface area contributed by atoms with Crippen LogP contribution in [0.4, 0.5) is 8.78 Å². The Kier molecular flexibility index (Phi) is 6.81. The van der Waals surface area contributed by atoms with Gasteiger partial charge in [0.05, 0.1) is 29.0 Å². The summed E-state index contributed by atoms with van der Waals surface area (Å²) in [5, 5.41) is 16.8. The number of carboxylic acids is 1. The number of halogens is 2. The maximum Gasteiger partial charge on any atom is 0.335 e. The van der Waals surface area contributed by atoms with Crippen LogP contribution in [0.15, 0.2) is 66.9 Å². The van der Waals surface area contributed by atoms with Crippen molar-refractivity contribution in [1.29, 1.82) is 0 Å². The summed E-state index contributed by atoms with van der Waals surface area (Å²) in [4.78, 5) is 23.4. The molecule has 1 unspecified atom stereocenters. The number of hydrogen-bond acceptors (Lipinski definition) is 6. The number of benzene rings is 3. The number of amides is 1. The van der Waals surface area contributed by atoms with E-state index in [0.29, 0.717) is 59.5 Å². The van der Waals surface area contributed by atoms with E-state index < -0.39 is 29.9 Å². The number of carboxylic acid groups (broad SMARTS) is 1.